The van der Waals surface area contributed by atoms with E-state index in [4.69, 9.17) is 0 Å². The van der Waals surface area contributed by atoms with Crippen LogP contribution in [0.4, 0.5) is 32.0 Å². The van der Waals surface area contributed by atoms with Gasteiger partial charge in [0.15, 0.2) is 5.69 Å². The van der Waals surface area contributed by atoms with E-state index in [1.807, 2.05) is 5.32 Å². The normalized spacial score (nSPS) is 11.5. The van der Waals surface area contributed by atoms with E-state index in [1.54, 1.807) is 0 Å². The quantitative estimate of drug-likeness (QED) is 0.645. The summed E-state index contributed by atoms with van der Waals surface area (Å²) < 4.78 is 80.8. The molecule has 0 unspecified atom stereocenters. The molecular weight excluding hydrogens is 388 g/mol. The van der Waals surface area contributed by atoms with Crippen LogP contribution < -0.4 is 5.32 Å². The highest BCUT2D eigenvalue weighted by molar-refractivity contribution is 6.04. The number of nitrogens with one attached hydrogen (secondary N) is 1. The van der Waals surface area contributed by atoms with Crippen LogP contribution in [0.5, 0.6) is 0 Å². The summed E-state index contributed by atoms with van der Waals surface area (Å²) in [5.74, 6) is -4.45. The van der Waals surface area contributed by atoms with Gasteiger partial charge in [-0.15, -0.1) is 0 Å². The molecule has 0 aliphatic rings. The third-order valence-electron chi connectivity index (χ3n) is 3.87. The molecule has 0 saturated heterocycles. The summed E-state index contributed by atoms with van der Waals surface area (Å²) in [6.45, 7) is 0. The lowest BCUT2D eigenvalue weighted by Gasteiger charge is -2.09. The molecule has 2 aromatic carbocycles. The van der Waals surface area contributed by atoms with Crippen LogP contribution in [-0.2, 0) is 13.2 Å². The van der Waals surface area contributed by atoms with Gasteiger partial charge in [0.25, 0.3) is 5.91 Å². The first-order valence-corrected chi connectivity index (χ1v) is 7.74. The van der Waals surface area contributed by atoms with Gasteiger partial charge in [-0.1, -0.05) is 12.1 Å². The zero-order valence-corrected chi connectivity index (χ0v) is 14.1. The SMILES string of the molecule is Cn1nc(C(F)(F)F)cc1-c1ccc(NC(=O)c2c(F)cccc2F)c(F)c1. The Morgan fingerprint density at radius 2 is 1.64 bits per heavy atom. The van der Waals surface area contributed by atoms with E-state index in [0.29, 0.717) is 0 Å². The fourth-order valence-electron chi connectivity index (χ4n) is 2.55. The number of carbonyl (C=O) groups excluding carboxylic acids is 1. The molecule has 0 saturated carbocycles. The lowest BCUT2D eigenvalue weighted by Crippen LogP contribution is -2.16. The molecule has 0 aliphatic heterocycles. The second-order valence-corrected chi connectivity index (χ2v) is 5.78. The number of benzene rings is 2. The van der Waals surface area contributed by atoms with Crippen molar-refractivity contribution >= 4 is 11.6 Å². The van der Waals surface area contributed by atoms with Crippen LogP contribution in [-0.4, -0.2) is 15.7 Å². The van der Waals surface area contributed by atoms with E-state index in [9.17, 15) is 31.1 Å². The van der Waals surface area contributed by atoms with Crippen LogP contribution in [0.1, 0.15) is 16.1 Å². The zero-order valence-electron chi connectivity index (χ0n) is 14.1. The van der Waals surface area contributed by atoms with Gasteiger partial charge in [0.2, 0.25) is 0 Å². The van der Waals surface area contributed by atoms with Crippen molar-refractivity contribution in [2.75, 3.05) is 5.32 Å². The molecule has 4 nitrogen and oxygen atoms in total. The standard InChI is InChI=1S/C18H11F6N3O/c1-27-14(8-15(26-27)18(22,23)24)9-5-6-13(12(21)7-9)25-17(28)16-10(19)3-2-4-11(16)20/h2-8H,1H3,(H,25,28). The lowest BCUT2D eigenvalue weighted by molar-refractivity contribution is -0.141. The second kappa shape index (κ2) is 7.02. The molecule has 0 fully saturated rings. The first-order valence-electron chi connectivity index (χ1n) is 7.74. The number of hydrogen-bond acceptors (Lipinski definition) is 2. The Morgan fingerprint density at radius 3 is 2.18 bits per heavy atom. The Labute approximate surface area is 154 Å². The first-order chi connectivity index (χ1) is 13.1. The number of amides is 1. The molecule has 1 amide bonds. The van der Waals surface area contributed by atoms with Gasteiger partial charge < -0.3 is 5.32 Å². The monoisotopic (exact) mass is 399 g/mol. The third kappa shape index (κ3) is 3.71. The molecule has 1 heterocycles. The van der Waals surface area contributed by atoms with Crippen molar-refractivity contribution < 1.29 is 31.1 Å². The Balaban J connectivity index is 1.90. The van der Waals surface area contributed by atoms with Gasteiger partial charge in [-0.05, 0) is 30.3 Å². The molecular formula is C18H11F6N3O. The van der Waals surface area contributed by atoms with E-state index >= 15 is 0 Å². The maximum atomic E-state index is 14.3. The molecule has 0 aliphatic carbocycles. The summed E-state index contributed by atoms with van der Waals surface area (Å²) in [5.41, 5.74) is -2.36. The van der Waals surface area contributed by atoms with E-state index in [0.717, 1.165) is 41.1 Å². The van der Waals surface area contributed by atoms with Crippen molar-refractivity contribution in [2.45, 2.75) is 6.18 Å². The lowest BCUT2D eigenvalue weighted by atomic mass is 10.1. The Morgan fingerprint density at radius 1 is 1.00 bits per heavy atom. The molecule has 1 aromatic heterocycles. The minimum Gasteiger partial charge on any atom is -0.319 e. The average molecular weight is 399 g/mol. The summed E-state index contributed by atoms with van der Waals surface area (Å²) in [6.07, 6.45) is -4.66. The first kappa shape index (κ1) is 19.5. The molecule has 0 radical (unpaired) electrons. The summed E-state index contributed by atoms with van der Waals surface area (Å²) in [4.78, 5) is 12.0. The molecule has 3 rings (SSSR count). The largest absolute Gasteiger partial charge is 0.435 e. The summed E-state index contributed by atoms with van der Waals surface area (Å²) in [6, 6.07) is 6.76. The maximum absolute atomic E-state index is 14.3. The topological polar surface area (TPSA) is 46.9 Å². The Bertz CT molecular complexity index is 1040. The van der Waals surface area contributed by atoms with Crippen molar-refractivity contribution in [3.63, 3.8) is 0 Å². The van der Waals surface area contributed by atoms with Gasteiger partial charge in [-0.2, -0.15) is 18.3 Å². The highest BCUT2D eigenvalue weighted by atomic mass is 19.4. The highest BCUT2D eigenvalue weighted by Gasteiger charge is 2.34. The van der Waals surface area contributed by atoms with Crippen molar-refractivity contribution in [3.05, 3.63) is 71.2 Å². The predicted octanol–water partition coefficient (Wildman–Crippen LogP) is 4.78. The molecule has 0 bridgehead atoms. The summed E-state index contributed by atoms with van der Waals surface area (Å²) in [7, 11) is 1.26. The van der Waals surface area contributed by atoms with Crippen LogP contribution in [0, 0.1) is 17.5 Å². The van der Waals surface area contributed by atoms with Crippen molar-refractivity contribution in [1.82, 2.24) is 9.78 Å². The molecule has 10 heteroatoms. The Hall–Kier alpha value is -3.30. The minimum absolute atomic E-state index is 0.00995. The number of rotatable bonds is 3. The van der Waals surface area contributed by atoms with E-state index in [2.05, 4.69) is 5.10 Å². The van der Waals surface area contributed by atoms with Gasteiger partial charge in [0.05, 0.1) is 11.4 Å². The summed E-state index contributed by atoms with van der Waals surface area (Å²) >= 11 is 0. The Kier molecular flexibility index (Phi) is 4.88. The molecule has 0 atom stereocenters. The van der Waals surface area contributed by atoms with Gasteiger partial charge >= 0.3 is 6.18 Å². The highest BCUT2D eigenvalue weighted by Crippen LogP contribution is 2.32. The molecule has 1 N–H and O–H groups in total. The van der Waals surface area contributed by atoms with Crippen LogP contribution in [0.2, 0.25) is 0 Å². The molecule has 146 valence electrons. The van der Waals surface area contributed by atoms with Crippen LogP contribution in [0.25, 0.3) is 11.3 Å². The number of halogens is 6. The summed E-state index contributed by atoms with van der Waals surface area (Å²) in [5, 5.41) is 5.37. The van der Waals surface area contributed by atoms with Gasteiger partial charge in [-0.3, -0.25) is 9.48 Å². The van der Waals surface area contributed by atoms with Crippen molar-refractivity contribution in [3.8, 4) is 11.3 Å². The number of carbonyl (C=O) groups is 1. The van der Waals surface area contributed by atoms with Gasteiger partial charge in [-0.25, -0.2) is 13.2 Å². The maximum Gasteiger partial charge on any atom is 0.435 e. The van der Waals surface area contributed by atoms with Crippen molar-refractivity contribution in [1.29, 1.82) is 0 Å². The van der Waals surface area contributed by atoms with Gasteiger partial charge in [0.1, 0.15) is 23.0 Å². The minimum atomic E-state index is -4.66. The fraction of sp³-hybridized carbons (Fsp3) is 0.111. The van der Waals surface area contributed by atoms with Crippen LogP contribution in [0.15, 0.2) is 42.5 Å². The molecule has 28 heavy (non-hydrogen) atoms. The number of anilines is 1. The number of aryl methyl sites for hydroxylation is 1. The second-order valence-electron chi connectivity index (χ2n) is 5.78. The van der Waals surface area contributed by atoms with Gasteiger partial charge in [0, 0.05) is 12.6 Å². The van der Waals surface area contributed by atoms with Crippen LogP contribution >= 0.6 is 0 Å². The number of alkyl halides is 3. The number of hydrogen-bond donors (Lipinski definition) is 1. The fourth-order valence-corrected chi connectivity index (χ4v) is 2.55. The smallest absolute Gasteiger partial charge is 0.319 e. The predicted molar refractivity (Wildman–Crippen MR) is 87.9 cm³/mol. The van der Waals surface area contributed by atoms with E-state index in [1.165, 1.54) is 13.1 Å². The number of nitrogens with zero attached hydrogens (tertiary/aromatic N) is 2. The van der Waals surface area contributed by atoms with Crippen LogP contribution in [0.3, 0.4) is 0 Å². The van der Waals surface area contributed by atoms with Crippen molar-refractivity contribution in [2.24, 2.45) is 7.05 Å². The molecule has 0 spiro atoms. The number of aromatic nitrogens is 2. The van der Waals surface area contributed by atoms with E-state index in [-0.39, 0.29) is 11.3 Å². The average Bonchev–Trinajstić information content (AvgIpc) is 2.99. The third-order valence-corrected chi connectivity index (χ3v) is 3.87. The zero-order chi connectivity index (χ0) is 20.6. The molecule has 3 aromatic rings. The van der Waals surface area contributed by atoms with E-state index < -0.39 is 46.5 Å².